The molecule has 1 aromatic carbocycles. The van der Waals surface area contributed by atoms with Gasteiger partial charge >= 0.3 is 6.18 Å². The Morgan fingerprint density at radius 2 is 1.66 bits per heavy atom. The molecule has 35 heavy (non-hydrogen) atoms. The number of aromatic nitrogens is 1. The van der Waals surface area contributed by atoms with Gasteiger partial charge in [-0.25, -0.2) is 12.8 Å². The van der Waals surface area contributed by atoms with Crippen LogP contribution in [-0.2, 0) is 32.9 Å². The van der Waals surface area contributed by atoms with Crippen LogP contribution in [0, 0.1) is 5.82 Å². The zero-order valence-corrected chi connectivity index (χ0v) is 20.0. The number of amides is 2. The second-order valence-electron chi connectivity index (χ2n) is 9.12. The van der Waals surface area contributed by atoms with Crippen molar-refractivity contribution < 1.29 is 35.6 Å². The molecule has 190 valence electrons. The monoisotopic (exact) mass is 515 g/mol. The van der Waals surface area contributed by atoms with Gasteiger partial charge in [0.1, 0.15) is 11.5 Å². The minimum atomic E-state index is -4.74. The average Bonchev–Trinajstić information content (AvgIpc) is 3.17. The third kappa shape index (κ3) is 4.11. The van der Waals surface area contributed by atoms with E-state index in [1.165, 1.54) is 34.1 Å². The number of piperidine rings is 1. The SMILES string of the molecule is CC(C)S(=O)(=O)c1ccc(C(=O)N2CCC3(CC2)c2c(F)cc(C(F)(F)F)n2CCN3C=O)cc1. The number of rotatable bonds is 4. The molecule has 0 aliphatic carbocycles. The lowest BCUT2D eigenvalue weighted by Crippen LogP contribution is -2.58. The highest BCUT2D eigenvalue weighted by molar-refractivity contribution is 7.92. The lowest BCUT2D eigenvalue weighted by Gasteiger charge is -2.50. The zero-order valence-electron chi connectivity index (χ0n) is 19.2. The molecule has 3 heterocycles. The molecule has 1 aromatic heterocycles. The topological polar surface area (TPSA) is 79.7 Å². The number of nitrogens with zero attached hydrogens (tertiary/aromatic N) is 3. The minimum Gasteiger partial charge on any atom is -0.338 e. The Kier molecular flexibility index (Phi) is 6.23. The second kappa shape index (κ2) is 8.65. The van der Waals surface area contributed by atoms with E-state index in [-0.39, 0.29) is 61.1 Å². The summed E-state index contributed by atoms with van der Waals surface area (Å²) in [4.78, 5) is 27.7. The van der Waals surface area contributed by atoms with Crippen LogP contribution in [0.25, 0.3) is 0 Å². The molecule has 12 heteroatoms. The Morgan fingerprint density at radius 1 is 1.06 bits per heavy atom. The summed E-state index contributed by atoms with van der Waals surface area (Å²) in [6.45, 7) is 3.10. The fraction of sp³-hybridized carbons (Fsp3) is 0.478. The van der Waals surface area contributed by atoms with Crippen molar-refractivity contribution in [3.05, 3.63) is 53.1 Å². The van der Waals surface area contributed by atoms with E-state index in [1.54, 1.807) is 13.8 Å². The van der Waals surface area contributed by atoms with Gasteiger partial charge in [0, 0.05) is 37.8 Å². The van der Waals surface area contributed by atoms with Gasteiger partial charge < -0.3 is 14.4 Å². The van der Waals surface area contributed by atoms with E-state index in [9.17, 15) is 35.6 Å². The Balaban J connectivity index is 1.59. The molecule has 0 bridgehead atoms. The van der Waals surface area contributed by atoms with Crippen LogP contribution in [0.3, 0.4) is 0 Å². The number of carbonyl (C=O) groups excluding carboxylic acids is 2. The van der Waals surface area contributed by atoms with Gasteiger partial charge in [0.25, 0.3) is 5.91 Å². The fourth-order valence-electron chi connectivity index (χ4n) is 5.01. The van der Waals surface area contributed by atoms with Gasteiger partial charge in [0.2, 0.25) is 6.41 Å². The van der Waals surface area contributed by atoms with Gasteiger partial charge in [-0.2, -0.15) is 13.2 Å². The molecule has 1 spiro atoms. The number of hydrogen-bond donors (Lipinski definition) is 0. The lowest BCUT2D eigenvalue weighted by molar-refractivity contribution is -0.145. The minimum absolute atomic E-state index is 0.00651. The van der Waals surface area contributed by atoms with Crippen LogP contribution in [0.2, 0.25) is 0 Å². The van der Waals surface area contributed by atoms with Crippen molar-refractivity contribution in [2.24, 2.45) is 0 Å². The van der Waals surface area contributed by atoms with Gasteiger partial charge in [0.15, 0.2) is 9.84 Å². The van der Waals surface area contributed by atoms with Crippen molar-refractivity contribution in [2.75, 3.05) is 19.6 Å². The van der Waals surface area contributed by atoms with Gasteiger partial charge in [-0.05, 0) is 51.0 Å². The lowest BCUT2D eigenvalue weighted by atomic mass is 9.81. The van der Waals surface area contributed by atoms with E-state index in [4.69, 9.17) is 0 Å². The predicted octanol–water partition coefficient (Wildman–Crippen LogP) is 3.43. The second-order valence-corrected chi connectivity index (χ2v) is 11.6. The predicted molar refractivity (Wildman–Crippen MR) is 118 cm³/mol. The molecule has 0 saturated carbocycles. The summed E-state index contributed by atoms with van der Waals surface area (Å²) in [6.07, 6.45) is -4.09. The van der Waals surface area contributed by atoms with Gasteiger partial charge in [-0.15, -0.1) is 0 Å². The number of alkyl halides is 3. The summed E-state index contributed by atoms with van der Waals surface area (Å²) in [5.74, 6) is -1.40. The normalized spacial score (nSPS) is 18.1. The van der Waals surface area contributed by atoms with Crippen molar-refractivity contribution in [3.8, 4) is 0 Å². The molecule has 2 amide bonds. The third-order valence-corrected chi connectivity index (χ3v) is 9.12. The first kappa shape index (κ1) is 25.2. The van der Waals surface area contributed by atoms with Crippen molar-refractivity contribution >= 4 is 22.2 Å². The van der Waals surface area contributed by atoms with Crippen molar-refractivity contribution in [1.29, 1.82) is 0 Å². The number of fused-ring (bicyclic) bond motifs is 2. The number of hydrogen-bond acceptors (Lipinski definition) is 4. The van der Waals surface area contributed by atoms with Crippen LogP contribution in [0.5, 0.6) is 0 Å². The summed E-state index contributed by atoms with van der Waals surface area (Å²) in [6, 6.07) is 6.03. The van der Waals surface area contributed by atoms with Crippen LogP contribution in [0.4, 0.5) is 17.6 Å². The maximum Gasteiger partial charge on any atom is 0.431 e. The highest BCUT2D eigenvalue weighted by Gasteiger charge is 2.50. The van der Waals surface area contributed by atoms with Gasteiger partial charge in [0.05, 0.1) is 21.4 Å². The van der Waals surface area contributed by atoms with E-state index in [2.05, 4.69) is 0 Å². The molecule has 2 aliphatic rings. The molecule has 0 unspecified atom stereocenters. The van der Waals surface area contributed by atoms with Crippen LogP contribution >= 0.6 is 0 Å². The molecule has 1 fully saturated rings. The third-order valence-electron chi connectivity index (χ3n) is 6.95. The summed E-state index contributed by atoms with van der Waals surface area (Å²) in [7, 11) is -3.49. The Hall–Kier alpha value is -2.89. The van der Waals surface area contributed by atoms with E-state index in [0.717, 1.165) is 4.57 Å². The molecular weight excluding hydrogens is 490 g/mol. The highest BCUT2D eigenvalue weighted by Crippen LogP contribution is 2.45. The molecule has 1 saturated heterocycles. The molecular formula is C23H25F4N3O4S. The first-order valence-corrected chi connectivity index (χ1v) is 12.7. The summed E-state index contributed by atoms with van der Waals surface area (Å²) < 4.78 is 80.8. The summed E-state index contributed by atoms with van der Waals surface area (Å²) in [5.41, 5.74) is -2.31. The quantitative estimate of drug-likeness (QED) is 0.462. The Labute approximate surface area is 200 Å². The van der Waals surface area contributed by atoms with Gasteiger partial charge in [-0.3, -0.25) is 9.59 Å². The molecule has 0 radical (unpaired) electrons. The Morgan fingerprint density at radius 3 is 2.17 bits per heavy atom. The van der Waals surface area contributed by atoms with E-state index in [0.29, 0.717) is 12.5 Å². The molecule has 0 N–H and O–H groups in total. The van der Waals surface area contributed by atoms with Crippen LogP contribution < -0.4 is 0 Å². The largest absolute Gasteiger partial charge is 0.431 e. The number of likely N-dealkylation sites (tertiary alicyclic amines) is 1. The number of sulfone groups is 1. The first-order valence-electron chi connectivity index (χ1n) is 11.1. The smallest absolute Gasteiger partial charge is 0.338 e. The van der Waals surface area contributed by atoms with Crippen LogP contribution in [0.1, 0.15) is 48.4 Å². The standard InChI is InChI=1S/C23H25F4N3O4S/c1-15(2)35(33,34)17-5-3-16(4-6-17)21(32)28-9-7-22(8-10-28)20-18(24)13-19(23(25,26)27)30(20)12-11-29(22)14-31/h3-6,13-15H,7-12H2,1-2H3. The number of halogens is 4. The molecule has 2 aliphatic heterocycles. The average molecular weight is 516 g/mol. The van der Waals surface area contributed by atoms with E-state index >= 15 is 0 Å². The summed E-state index contributed by atoms with van der Waals surface area (Å²) in [5, 5.41) is -0.615. The number of benzene rings is 1. The first-order chi connectivity index (χ1) is 16.3. The van der Waals surface area contributed by atoms with Crippen LogP contribution in [0.15, 0.2) is 35.2 Å². The molecule has 2 aromatic rings. The Bertz CT molecular complexity index is 1240. The fourth-order valence-corrected chi connectivity index (χ4v) is 6.07. The van der Waals surface area contributed by atoms with Crippen molar-refractivity contribution in [1.82, 2.24) is 14.4 Å². The number of carbonyl (C=O) groups is 2. The van der Waals surface area contributed by atoms with Gasteiger partial charge in [-0.1, -0.05) is 0 Å². The van der Waals surface area contributed by atoms with Crippen LogP contribution in [-0.4, -0.2) is 60.0 Å². The molecule has 7 nitrogen and oxygen atoms in total. The van der Waals surface area contributed by atoms with E-state index in [1.807, 2.05) is 0 Å². The van der Waals surface area contributed by atoms with E-state index < -0.39 is 38.3 Å². The van der Waals surface area contributed by atoms with Crippen molar-refractivity contribution in [2.45, 2.75) is 55.1 Å². The highest BCUT2D eigenvalue weighted by atomic mass is 32.2. The maximum absolute atomic E-state index is 14.9. The zero-order chi connectivity index (χ0) is 25.8. The molecule has 0 atom stereocenters. The maximum atomic E-state index is 14.9. The molecule has 4 rings (SSSR count). The van der Waals surface area contributed by atoms with Crippen molar-refractivity contribution in [3.63, 3.8) is 0 Å². The summed E-state index contributed by atoms with van der Waals surface area (Å²) >= 11 is 0.